The predicted octanol–water partition coefficient (Wildman–Crippen LogP) is 2.60. The number of aromatic nitrogens is 2. The highest BCUT2D eigenvalue weighted by molar-refractivity contribution is 7.91. The zero-order chi connectivity index (χ0) is 16.2. The van der Waals surface area contributed by atoms with E-state index in [1.807, 2.05) is 36.2 Å². The molecule has 0 aliphatic rings. The molecule has 1 aromatic heterocycles. The van der Waals surface area contributed by atoms with E-state index >= 15 is 0 Å². The molecule has 120 valence electrons. The fourth-order valence-electron chi connectivity index (χ4n) is 2.11. The first-order valence-corrected chi connectivity index (χ1v) is 9.28. The van der Waals surface area contributed by atoms with Gasteiger partial charge in [0.15, 0.2) is 9.84 Å². The van der Waals surface area contributed by atoms with Gasteiger partial charge in [0.2, 0.25) is 0 Å². The SMILES string of the molecule is CCS(=O)(=O)CCN(C)Cc1cn[nH]c1-c1ccc(Cl)cc1. The van der Waals surface area contributed by atoms with Crippen molar-refractivity contribution in [1.29, 1.82) is 0 Å². The minimum atomic E-state index is -2.94. The monoisotopic (exact) mass is 341 g/mol. The molecule has 0 saturated carbocycles. The lowest BCUT2D eigenvalue weighted by atomic mass is 10.1. The van der Waals surface area contributed by atoms with Gasteiger partial charge in [-0.3, -0.25) is 5.10 Å². The number of rotatable bonds is 7. The molecule has 22 heavy (non-hydrogen) atoms. The Hall–Kier alpha value is -1.37. The second-order valence-electron chi connectivity index (χ2n) is 5.25. The van der Waals surface area contributed by atoms with Crippen molar-refractivity contribution < 1.29 is 8.42 Å². The van der Waals surface area contributed by atoms with Gasteiger partial charge in [0.25, 0.3) is 0 Å². The molecular weight excluding hydrogens is 322 g/mol. The van der Waals surface area contributed by atoms with E-state index in [4.69, 9.17) is 11.6 Å². The Morgan fingerprint density at radius 1 is 1.27 bits per heavy atom. The molecule has 1 N–H and O–H groups in total. The molecule has 2 rings (SSSR count). The number of halogens is 1. The van der Waals surface area contributed by atoms with Crippen molar-refractivity contribution in [2.24, 2.45) is 0 Å². The molecule has 2 aromatic rings. The van der Waals surface area contributed by atoms with Crippen LogP contribution in [0.15, 0.2) is 30.5 Å². The van der Waals surface area contributed by atoms with Gasteiger partial charge in [0.1, 0.15) is 0 Å². The second-order valence-corrected chi connectivity index (χ2v) is 8.16. The van der Waals surface area contributed by atoms with Crippen LogP contribution in [0, 0.1) is 0 Å². The van der Waals surface area contributed by atoms with Gasteiger partial charge in [-0.15, -0.1) is 0 Å². The van der Waals surface area contributed by atoms with Crippen molar-refractivity contribution in [3.05, 3.63) is 41.0 Å². The summed E-state index contributed by atoms with van der Waals surface area (Å²) in [7, 11) is -1.03. The highest BCUT2D eigenvalue weighted by Gasteiger charge is 2.13. The number of nitrogens with zero attached hydrogens (tertiary/aromatic N) is 2. The molecule has 0 atom stereocenters. The van der Waals surface area contributed by atoms with E-state index in [0.717, 1.165) is 16.8 Å². The molecule has 1 heterocycles. The standard InChI is InChI=1S/C15H20ClN3O2S/c1-3-22(20,21)9-8-19(2)11-13-10-17-18-15(13)12-4-6-14(16)7-5-12/h4-7,10H,3,8-9,11H2,1-2H3,(H,17,18). The molecule has 0 aliphatic heterocycles. The Balaban J connectivity index is 2.05. The highest BCUT2D eigenvalue weighted by atomic mass is 35.5. The summed E-state index contributed by atoms with van der Waals surface area (Å²) in [4.78, 5) is 1.98. The van der Waals surface area contributed by atoms with E-state index < -0.39 is 9.84 Å². The zero-order valence-electron chi connectivity index (χ0n) is 12.7. The number of hydrogen-bond acceptors (Lipinski definition) is 4. The van der Waals surface area contributed by atoms with Crippen LogP contribution in [0.1, 0.15) is 12.5 Å². The maximum absolute atomic E-state index is 11.6. The number of nitrogens with one attached hydrogen (secondary N) is 1. The van der Waals surface area contributed by atoms with E-state index in [-0.39, 0.29) is 11.5 Å². The normalized spacial score (nSPS) is 12.0. The molecule has 0 radical (unpaired) electrons. The lowest BCUT2D eigenvalue weighted by molar-refractivity contribution is 0.346. The van der Waals surface area contributed by atoms with Crippen molar-refractivity contribution in [3.8, 4) is 11.3 Å². The fourth-order valence-corrected chi connectivity index (χ4v) is 3.11. The van der Waals surface area contributed by atoms with Gasteiger partial charge in [0, 0.05) is 29.4 Å². The zero-order valence-corrected chi connectivity index (χ0v) is 14.3. The first-order chi connectivity index (χ1) is 10.4. The van der Waals surface area contributed by atoms with Crippen LogP contribution in [0.5, 0.6) is 0 Å². The van der Waals surface area contributed by atoms with Crippen LogP contribution in [0.25, 0.3) is 11.3 Å². The summed E-state index contributed by atoms with van der Waals surface area (Å²) in [5.74, 6) is 0.358. The Morgan fingerprint density at radius 2 is 1.95 bits per heavy atom. The number of H-pyrrole nitrogens is 1. The quantitative estimate of drug-likeness (QED) is 0.840. The average molecular weight is 342 g/mol. The van der Waals surface area contributed by atoms with Crippen molar-refractivity contribution in [2.45, 2.75) is 13.5 Å². The lowest BCUT2D eigenvalue weighted by Crippen LogP contribution is -2.26. The van der Waals surface area contributed by atoms with Crippen molar-refractivity contribution in [1.82, 2.24) is 15.1 Å². The molecule has 0 spiro atoms. The molecule has 0 saturated heterocycles. The number of sulfone groups is 1. The van der Waals surface area contributed by atoms with Crippen molar-refractivity contribution in [2.75, 3.05) is 25.1 Å². The Labute approximate surface area is 136 Å². The maximum atomic E-state index is 11.6. The van der Waals surface area contributed by atoms with Crippen LogP contribution >= 0.6 is 11.6 Å². The summed E-state index contributed by atoms with van der Waals surface area (Å²) in [5, 5.41) is 7.78. The summed E-state index contributed by atoms with van der Waals surface area (Å²) < 4.78 is 23.1. The van der Waals surface area contributed by atoms with E-state index in [2.05, 4.69) is 10.2 Å². The third-order valence-corrected chi connectivity index (χ3v) is 5.45. The van der Waals surface area contributed by atoms with Crippen molar-refractivity contribution >= 4 is 21.4 Å². The van der Waals surface area contributed by atoms with Gasteiger partial charge < -0.3 is 4.90 Å². The fraction of sp³-hybridized carbons (Fsp3) is 0.400. The largest absolute Gasteiger partial charge is 0.301 e. The predicted molar refractivity (Wildman–Crippen MR) is 89.7 cm³/mol. The van der Waals surface area contributed by atoms with Crippen LogP contribution in [0.3, 0.4) is 0 Å². The molecule has 0 aliphatic carbocycles. The van der Waals surface area contributed by atoms with Gasteiger partial charge in [-0.1, -0.05) is 30.7 Å². The van der Waals surface area contributed by atoms with Gasteiger partial charge in [-0.2, -0.15) is 5.10 Å². The smallest absolute Gasteiger partial charge is 0.151 e. The second kappa shape index (κ2) is 7.26. The minimum absolute atomic E-state index is 0.175. The Bertz CT molecular complexity index is 711. The molecule has 5 nitrogen and oxygen atoms in total. The molecule has 7 heteroatoms. The summed E-state index contributed by atoms with van der Waals surface area (Å²) >= 11 is 5.90. The average Bonchev–Trinajstić information content (AvgIpc) is 2.94. The summed E-state index contributed by atoms with van der Waals surface area (Å²) in [6.45, 7) is 2.80. The summed E-state index contributed by atoms with van der Waals surface area (Å²) in [6.07, 6.45) is 1.77. The molecule has 0 unspecified atom stereocenters. The molecule has 0 amide bonds. The maximum Gasteiger partial charge on any atom is 0.151 e. The van der Waals surface area contributed by atoms with E-state index in [9.17, 15) is 8.42 Å². The third-order valence-electron chi connectivity index (χ3n) is 3.51. The number of hydrogen-bond donors (Lipinski definition) is 1. The summed E-state index contributed by atoms with van der Waals surface area (Å²) in [6, 6.07) is 7.53. The van der Waals surface area contributed by atoms with Gasteiger partial charge in [-0.05, 0) is 24.7 Å². The number of benzene rings is 1. The first kappa shape index (κ1) is 17.0. The molecule has 0 fully saturated rings. The van der Waals surface area contributed by atoms with E-state index in [0.29, 0.717) is 18.1 Å². The molecular formula is C15H20ClN3O2S. The van der Waals surface area contributed by atoms with Crippen LogP contribution in [0.4, 0.5) is 0 Å². The van der Waals surface area contributed by atoms with Gasteiger partial charge in [-0.25, -0.2) is 8.42 Å². The lowest BCUT2D eigenvalue weighted by Gasteiger charge is -2.16. The molecule has 0 bridgehead atoms. The van der Waals surface area contributed by atoms with Gasteiger partial charge in [0.05, 0.1) is 17.6 Å². The topological polar surface area (TPSA) is 66.1 Å². The van der Waals surface area contributed by atoms with E-state index in [1.165, 1.54) is 0 Å². The first-order valence-electron chi connectivity index (χ1n) is 7.08. The van der Waals surface area contributed by atoms with Crippen LogP contribution < -0.4 is 0 Å². The van der Waals surface area contributed by atoms with Crippen LogP contribution in [0.2, 0.25) is 5.02 Å². The van der Waals surface area contributed by atoms with Crippen LogP contribution in [-0.4, -0.2) is 48.6 Å². The van der Waals surface area contributed by atoms with Crippen LogP contribution in [-0.2, 0) is 16.4 Å². The molecule has 1 aromatic carbocycles. The van der Waals surface area contributed by atoms with Gasteiger partial charge >= 0.3 is 0 Å². The minimum Gasteiger partial charge on any atom is -0.301 e. The highest BCUT2D eigenvalue weighted by Crippen LogP contribution is 2.23. The van der Waals surface area contributed by atoms with Crippen molar-refractivity contribution in [3.63, 3.8) is 0 Å². The third kappa shape index (κ3) is 4.56. The van der Waals surface area contributed by atoms with E-state index in [1.54, 1.807) is 13.1 Å². The number of aromatic amines is 1. The Morgan fingerprint density at radius 3 is 2.59 bits per heavy atom. The Kier molecular flexibility index (Phi) is 5.61. The summed E-state index contributed by atoms with van der Waals surface area (Å²) in [5.41, 5.74) is 2.96.